The van der Waals surface area contributed by atoms with E-state index in [0.29, 0.717) is 39.4 Å². The van der Waals surface area contributed by atoms with Crippen molar-refractivity contribution in [3.8, 4) is 0 Å². The number of nitrogens with zero attached hydrogens (tertiary/aromatic N) is 3. The number of imidazole rings is 1. The van der Waals surface area contributed by atoms with E-state index in [2.05, 4.69) is 31.1 Å². The molecule has 2 heterocycles. The summed E-state index contributed by atoms with van der Waals surface area (Å²) in [5.74, 6) is 0.835. The molecule has 104 valence electrons. The summed E-state index contributed by atoms with van der Waals surface area (Å²) in [6.07, 6.45) is 0.591. The van der Waals surface area contributed by atoms with Gasteiger partial charge in [0.2, 0.25) is 5.89 Å². The molecule has 5 nitrogen and oxygen atoms in total. The number of aryl methyl sites for hydroxylation is 3. The van der Waals surface area contributed by atoms with Crippen molar-refractivity contribution in [2.24, 2.45) is 0 Å². The molecule has 2 aromatic heterocycles. The van der Waals surface area contributed by atoms with Gasteiger partial charge < -0.3 is 14.1 Å². The molecule has 0 unspecified atom stereocenters. The highest BCUT2D eigenvalue weighted by molar-refractivity contribution is 9.10. The fourth-order valence-corrected chi connectivity index (χ4v) is 2.66. The van der Waals surface area contributed by atoms with Crippen LogP contribution in [0.5, 0.6) is 0 Å². The number of aromatic amines is 1. The van der Waals surface area contributed by atoms with Crippen molar-refractivity contribution < 1.29 is 8.91 Å². The number of halogens is 2. The molecular weight excluding hydrogens is 347 g/mol. The zero-order valence-electron chi connectivity index (χ0n) is 10.5. The maximum atomic E-state index is 13.5. The number of aromatic nitrogens is 4. The number of rotatable bonds is 3. The smallest absolute Gasteiger partial charge is 0.223 e. The number of nitrogens with one attached hydrogen (secondary N) is 1. The fourth-order valence-electron chi connectivity index (χ4n) is 2.03. The summed E-state index contributed by atoms with van der Waals surface area (Å²) >= 11 is 8.45. The third kappa shape index (κ3) is 2.40. The van der Waals surface area contributed by atoms with Crippen molar-refractivity contribution in [3.63, 3.8) is 0 Å². The predicted molar refractivity (Wildman–Crippen MR) is 77.5 cm³/mol. The van der Waals surface area contributed by atoms with Crippen LogP contribution in [0.3, 0.4) is 0 Å². The maximum Gasteiger partial charge on any atom is 0.223 e. The van der Waals surface area contributed by atoms with Crippen LogP contribution in [0.25, 0.3) is 11.0 Å². The summed E-state index contributed by atoms with van der Waals surface area (Å²) in [4.78, 5) is 7.14. The predicted octanol–water partition coefficient (Wildman–Crippen LogP) is 3.53. The lowest BCUT2D eigenvalue weighted by atomic mass is 10.3. The summed E-state index contributed by atoms with van der Waals surface area (Å²) in [6.45, 7) is 2.34. The van der Waals surface area contributed by atoms with Gasteiger partial charge in [-0.05, 0) is 34.2 Å². The van der Waals surface area contributed by atoms with Crippen LogP contribution in [0.2, 0.25) is 0 Å². The van der Waals surface area contributed by atoms with E-state index in [4.69, 9.17) is 16.7 Å². The zero-order valence-corrected chi connectivity index (χ0v) is 12.9. The van der Waals surface area contributed by atoms with Gasteiger partial charge >= 0.3 is 0 Å². The molecule has 0 saturated carbocycles. The second-order valence-corrected chi connectivity index (χ2v) is 5.59. The zero-order chi connectivity index (χ0) is 14.3. The van der Waals surface area contributed by atoms with Crippen LogP contribution in [0.4, 0.5) is 4.39 Å². The van der Waals surface area contributed by atoms with E-state index in [9.17, 15) is 4.39 Å². The topological polar surface area (TPSA) is 59.6 Å². The van der Waals surface area contributed by atoms with Gasteiger partial charge in [-0.3, -0.25) is 0 Å². The van der Waals surface area contributed by atoms with Crippen LogP contribution in [-0.4, -0.2) is 19.7 Å². The normalized spacial score (nSPS) is 11.3. The van der Waals surface area contributed by atoms with Gasteiger partial charge in [-0.25, -0.2) is 4.39 Å². The summed E-state index contributed by atoms with van der Waals surface area (Å²) in [7, 11) is 0. The van der Waals surface area contributed by atoms with Gasteiger partial charge in [0.05, 0.1) is 15.5 Å². The molecule has 0 aliphatic carbocycles. The lowest BCUT2D eigenvalue weighted by Crippen LogP contribution is -2.02. The van der Waals surface area contributed by atoms with Gasteiger partial charge in [0.15, 0.2) is 10.6 Å². The minimum absolute atomic E-state index is 0.324. The van der Waals surface area contributed by atoms with Crippen LogP contribution >= 0.6 is 28.1 Å². The Morgan fingerprint density at radius 2 is 2.30 bits per heavy atom. The molecule has 0 amide bonds. The van der Waals surface area contributed by atoms with E-state index < -0.39 is 0 Å². The highest BCUT2D eigenvalue weighted by Crippen LogP contribution is 2.23. The summed E-state index contributed by atoms with van der Waals surface area (Å²) in [5, 5.41) is 3.84. The number of benzene rings is 1. The average molecular weight is 357 g/mol. The van der Waals surface area contributed by atoms with Crippen molar-refractivity contribution in [1.29, 1.82) is 0 Å². The summed E-state index contributed by atoms with van der Waals surface area (Å²) < 4.78 is 21.3. The van der Waals surface area contributed by atoms with Gasteiger partial charge in [0.25, 0.3) is 0 Å². The average Bonchev–Trinajstić information content (AvgIpc) is 2.92. The largest absolute Gasteiger partial charge is 0.340 e. The van der Waals surface area contributed by atoms with Crippen molar-refractivity contribution in [3.05, 3.63) is 38.9 Å². The lowest BCUT2D eigenvalue weighted by Gasteiger charge is -2.03. The van der Waals surface area contributed by atoms with E-state index in [1.807, 2.05) is 4.57 Å². The first-order chi connectivity index (χ1) is 9.54. The Kier molecular flexibility index (Phi) is 3.43. The van der Waals surface area contributed by atoms with Gasteiger partial charge in [-0.15, -0.1) is 0 Å². The second-order valence-electron chi connectivity index (χ2n) is 4.34. The minimum Gasteiger partial charge on any atom is -0.340 e. The molecule has 0 saturated heterocycles. The molecule has 0 aliphatic heterocycles. The molecule has 0 spiro atoms. The van der Waals surface area contributed by atoms with Crippen LogP contribution in [0.15, 0.2) is 21.1 Å². The summed E-state index contributed by atoms with van der Waals surface area (Å²) in [5.41, 5.74) is 1.50. The standard InChI is InChI=1S/C12H10BrFN4OS/c1-6-15-11(17-19-6)2-3-18-10-4-7(13)8(14)5-9(10)16-12(18)20/h4-5H,2-3H2,1H3,(H,16,20). The number of hydrogen-bond donors (Lipinski definition) is 1. The Morgan fingerprint density at radius 1 is 1.50 bits per heavy atom. The fraction of sp³-hybridized carbons (Fsp3) is 0.250. The van der Waals surface area contributed by atoms with Gasteiger partial charge in [0.1, 0.15) is 5.82 Å². The Bertz CT molecular complexity index is 838. The highest BCUT2D eigenvalue weighted by atomic mass is 79.9. The van der Waals surface area contributed by atoms with E-state index in [1.54, 1.807) is 13.0 Å². The molecule has 0 radical (unpaired) electrons. The van der Waals surface area contributed by atoms with Crippen LogP contribution in [-0.2, 0) is 13.0 Å². The molecule has 0 fully saturated rings. The Balaban J connectivity index is 1.96. The first-order valence-electron chi connectivity index (χ1n) is 5.91. The molecular formula is C12H10BrFN4OS. The Labute approximate surface area is 126 Å². The molecule has 3 rings (SSSR count). The van der Waals surface area contributed by atoms with Crippen LogP contribution in [0.1, 0.15) is 11.7 Å². The molecule has 1 aromatic carbocycles. The van der Waals surface area contributed by atoms with E-state index in [1.165, 1.54) is 6.07 Å². The van der Waals surface area contributed by atoms with Crippen molar-refractivity contribution >= 4 is 39.2 Å². The minimum atomic E-state index is -0.324. The van der Waals surface area contributed by atoms with E-state index in [0.717, 1.165) is 5.52 Å². The third-order valence-electron chi connectivity index (χ3n) is 2.94. The summed E-state index contributed by atoms with van der Waals surface area (Å²) in [6, 6.07) is 3.13. The van der Waals surface area contributed by atoms with Gasteiger partial charge in [-0.2, -0.15) is 4.98 Å². The number of H-pyrrole nitrogens is 1. The van der Waals surface area contributed by atoms with Crippen LogP contribution < -0.4 is 0 Å². The van der Waals surface area contributed by atoms with E-state index >= 15 is 0 Å². The van der Waals surface area contributed by atoms with Crippen molar-refractivity contribution in [2.45, 2.75) is 19.9 Å². The first kappa shape index (κ1) is 13.4. The van der Waals surface area contributed by atoms with Gasteiger partial charge in [0, 0.05) is 26.0 Å². The van der Waals surface area contributed by atoms with Crippen molar-refractivity contribution in [2.75, 3.05) is 0 Å². The molecule has 3 aromatic rings. The Hall–Kier alpha value is -1.54. The van der Waals surface area contributed by atoms with E-state index in [-0.39, 0.29) is 5.82 Å². The Morgan fingerprint density at radius 3 is 3.00 bits per heavy atom. The van der Waals surface area contributed by atoms with Gasteiger partial charge in [-0.1, -0.05) is 5.16 Å². The molecule has 0 atom stereocenters. The SMILES string of the molecule is Cc1nc(CCn2c(=S)[nH]c3cc(F)c(Br)cc32)no1. The third-order valence-corrected chi connectivity index (χ3v) is 3.87. The lowest BCUT2D eigenvalue weighted by molar-refractivity contribution is 0.386. The monoisotopic (exact) mass is 356 g/mol. The maximum absolute atomic E-state index is 13.5. The molecule has 20 heavy (non-hydrogen) atoms. The quantitative estimate of drug-likeness (QED) is 0.729. The molecule has 0 bridgehead atoms. The molecule has 1 N–H and O–H groups in total. The number of hydrogen-bond acceptors (Lipinski definition) is 4. The molecule has 8 heteroatoms. The first-order valence-corrected chi connectivity index (χ1v) is 7.11. The van der Waals surface area contributed by atoms with Crippen LogP contribution in [0, 0.1) is 17.5 Å². The number of fused-ring (bicyclic) bond motifs is 1. The highest BCUT2D eigenvalue weighted by Gasteiger charge is 2.10. The molecule has 0 aliphatic rings. The van der Waals surface area contributed by atoms with Crippen molar-refractivity contribution in [1.82, 2.24) is 19.7 Å². The second kappa shape index (κ2) is 5.10.